The lowest BCUT2D eigenvalue weighted by Gasteiger charge is -2.13. The van der Waals surface area contributed by atoms with E-state index in [9.17, 15) is 9.59 Å². The summed E-state index contributed by atoms with van der Waals surface area (Å²) >= 11 is 2.78. The summed E-state index contributed by atoms with van der Waals surface area (Å²) in [6.07, 6.45) is 3.64. The highest BCUT2D eigenvalue weighted by molar-refractivity contribution is 7.99. The number of aromatic nitrogens is 2. The van der Waals surface area contributed by atoms with Crippen LogP contribution in [0, 0.1) is 0 Å². The molecule has 0 bridgehead atoms. The summed E-state index contributed by atoms with van der Waals surface area (Å²) in [5.41, 5.74) is 0.958. The van der Waals surface area contributed by atoms with Gasteiger partial charge in [-0.2, -0.15) is 0 Å². The molecule has 7 heteroatoms. The zero-order valence-electron chi connectivity index (χ0n) is 16.7. The van der Waals surface area contributed by atoms with Crippen molar-refractivity contribution in [2.75, 3.05) is 5.75 Å². The maximum Gasteiger partial charge on any atom is 0.263 e. The van der Waals surface area contributed by atoms with E-state index in [4.69, 9.17) is 4.98 Å². The Morgan fingerprint density at radius 1 is 1.38 bits per heavy atom. The molecular formula is C22H25N3O2S2. The topological polar surface area (TPSA) is 64.0 Å². The summed E-state index contributed by atoms with van der Waals surface area (Å²) in [5, 5.41) is 4.13. The molecule has 0 spiro atoms. The molecule has 1 aromatic carbocycles. The number of fused-ring (bicyclic) bond motifs is 1. The first-order valence-electron chi connectivity index (χ1n) is 9.66. The van der Waals surface area contributed by atoms with E-state index < -0.39 is 0 Å². The molecule has 0 saturated heterocycles. The molecule has 0 saturated carbocycles. The lowest BCUT2D eigenvalue weighted by atomic mass is 10.2. The van der Waals surface area contributed by atoms with Gasteiger partial charge in [0.05, 0.1) is 11.1 Å². The Bertz CT molecular complexity index is 1060. The van der Waals surface area contributed by atoms with Gasteiger partial charge in [0.1, 0.15) is 4.83 Å². The Balaban J connectivity index is 1.90. The molecule has 3 rings (SSSR count). The molecule has 29 heavy (non-hydrogen) atoms. The SMILES string of the molecule is C=CCn1c(SCC(=O)NC(C)CCC)nc2sc(-c3ccccc3)cc2c1=O. The highest BCUT2D eigenvalue weighted by Crippen LogP contribution is 2.32. The summed E-state index contributed by atoms with van der Waals surface area (Å²) in [6, 6.07) is 12.0. The summed E-state index contributed by atoms with van der Waals surface area (Å²) in [7, 11) is 0. The molecule has 2 aromatic heterocycles. The normalized spacial score (nSPS) is 12.1. The first kappa shape index (κ1) is 21.3. The fourth-order valence-electron chi connectivity index (χ4n) is 3.09. The second kappa shape index (κ2) is 9.89. The number of nitrogens with zero attached hydrogens (tertiary/aromatic N) is 2. The predicted molar refractivity (Wildman–Crippen MR) is 123 cm³/mol. The van der Waals surface area contributed by atoms with Crippen molar-refractivity contribution in [2.45, 2.75) is 44.4 Å². The largest absolute Gasteiger partial charge is 0.353 e. The van der Waals surface area contributed by atoms with Crippen molar-refractivity contribution in [3.8, 4) is 10.4 Å². The van der Waals surface area contributed by atoms with Crippen LogP contribution in [0.5, 0.6) is 0 Å². The standard InChI is InChI=1S/C22H25N3O2S2/c1-4-9-15(3)23-19(26)14-28-22-24-20-17(21(27)25(22)12-5-2)13-18(29-20)16-10-7-6-8-11-16/h5-8,10-11,13,15H,2,4,9,12,14H2,1,3H3,(H,23,26). The average molecular weight is 428 g/mol. The van der Waals surface area contributed by atoms with Crippen LogP contribution in [0.15, 0.2) is 59.0 Å². The minimum Gasteiger partial charge on any atom is -0.353 e. The third-order valence-electron chi connectivity index (χ3n) is 4.45. The fourth-order valence-corrected chi connectivity index (χ4v) is 4.99. The zero-order valence-corrected chi connectivity index (χ0v) is 18.3. The van der Waals surface area contributed by atoms with Crippen molar-refractivity contribution in [1.29, 1.82) is 0 Å². The van der Waals surface area contributed by atoms with Crippen LogP contribution in [0.1, 0.15) is 26.7 Å². The van der Waals surface area contributed by atoms with Crippen LogP contribution in [0.4, 0.5) is 0 Å². The summed E-state index contributed by atoms with van der Waals surface area (Å²) in [4.78, 5) is 31.7. The van der Waals surface area contributed by atoms with Crippen LogP contribution < -0.4 is 10.9 Å². The van der Waals surface area contributed by atoms with Crippen LogP contribution in [-0.4, -0.2) is 27.3 Å². The number of thiophene rings is 1. The molecule has 0 fully saturated rings. The van der Waals surface area contributed by atoms with Crippen LogP contribution in [0.25, 0.3) is 20.7 Å². The third kappa shape index (κ3) is 5.16. The van der Waals surface area contributed by atoms with Crippen molar-refractivity contribution in [3.63, 3.8) is 0 Å². The van der Waals surface area contributed by atoms with Gasteiger partial charge < -0.3 is 5.32 Å². The quantitative estimate of drug-likeness (QED) is 0.305. The highest BCUT2D eigenvalue weighted by atomic mass is 32.2. The van der Waals surface area contributed by atoms with Crippen molar-refractivity contribution >= 4 is 39.2 Å². The number of hydrogen-bond acceptors (Lipinski definition) is 5. The lowest BCUT2D eigenvalue weighted by molar-refractivity contribution is -0.119. The summed E-state index contributed by atoms with van der Waals surface area (Å²) in [6.45, 7) is 8.20. The first-order chi connectivity index (χ1) is 14.0. The van der Waals surface area contributed by atoms with Crippen molar-refractivity contribution in [2.24, 2.45) is 0 Å². The Hall–Kier alpha value is -2.38. The van der Waals surface area contributed by atoms with Gasteiger partial charge in [0.2, 0.25) is 5.91 Å². The number of amides is 1. The van der Waals surface area contributed by atoms with Crippen molar-refractivity contribution < 1.29 is 4.79 Å². The Morgan fingerprint density at radius 3 is 2.83 bits per heavy atom. The second-order valence-corrected chi connectivity index (χ2v) is 8.81. The average Bonchev–Trinajstić information content (AvgIpc) is 3.14. The smallest absolute Gasteiger partial charge is 0.263 e. The molecule has 0 aliphatic rings. The van der Waals surface area contributed by atoms with Gasteiger partial charge in [0.25, 0.3) is 5.56 Å². The third-order valence-corrected chi connectivity index (χ3v) is 6.50. The number of nitrogens with one attached hydrogen (secondary N) is 1. The Kier molecular flexibility index (Phi) is 7.28. The van der Waals surface area contributed by atoms with E-state index in [1.165, 1.54) is 23.1 Å². The van der Waals surface area contributed by atoms with Crippen LogP contribution in [0.2, 0.25) is 0 Å². The Labute approximate surface area is 178 Å². The number of thioether (sulfide) groups is 1. The molecule has 1 amide bonds. The molecule has 0 radical (unpaired) electrons. The maximum absolute atomic E-state index is 13.1. The fraction of sp³-hybridized carbons (Fsp3) is 0.318. The van der Waals surface area contributed by atoms with E-state index in [0.717, 1.165) is 23.3 Å². The van der Waals surface area contributed by atoms with Crippen LogP contribution in [0.3, 0.4) is 0 Å². The Morgan fingerprint density at radius 2 is 2.14 bits per heavy atom. The molecule has 1 N–H and O–H groups in total. The molecule has 0 aliphatic heterocycles. The van der Waals surface area contributed by atoms with Gasteiger partial charge in [-0.15, -0.1) is 17.9 Å². The second-order valence-electron chi connectivity index (χ2n) is 6.84. The van der Waals surface area contributed by atoms with E-state index >= 15 is 0 Å². The van der Waals surface area contributed by atoms with Crippen LogP contribution in [-0.2, 0) is 11.3 Å². The number of carbonyl (C=O) groups is 1. The molecule has 152 valence electrons. The highest BCUT2D eigenvalue weighted by Gasteiger charge is 2.16. The molecule has 0 aliphatic carbocycles. The zero-order chi connectivity index (χ0) is 20.8. The summed E-state index contributed by atoms with van der Waals surface area (Å²) in [5.74, 6) is 0.173. The predicted octanol–water partition coefficient (Wildman–Crippen LogP) is 4.71. The molecule has 2 heterocycles. The molecular weight excluding hydrogens is 402 g/mol. The molecule has 1 atom stereocenters. The number of benzene rings is 1. The molecule has 1 unspecified atom stereocenters. The van der Waals surface area contributed by atoms with Crippen LogP contribution >= 0.6 is 23.1 Å². The number of rotatable bonds is 9. The van der Waals surface area contributed by atoms with Gasteiger partial charge in [0.15, 0.2) is 5.16 Å². The van der Waals surface area contributed by atoms with Crippen molar-refractivity contribution in [1.82, 2.24) is 14.9 Å². The van der Waals surface area contributed by atoms with Gasteiger partial charge in [-0.3, -0.25) is 14.2 Å². The van der Waals surface area contributed by atoms with Gasteiger partial charge in [0, 0.05) is 17.5 Å². The first-order valence-corrected chi connectivity index (χ1v) is 11.5. The molecule has 5 nitrogen and oxygen atoms in total. The van der Waals surface area contributed by atoms with Gasteiger partial charge in [-0.05, 0) is 25.0 Å². The van der Waals surface area contributed by atoms with E-state index in [1.54, 1.807) is 10.6 Å². The van der Waals surface area contributed by atoms with E-state index in [-0.39, 0.29) is 23.3 Å². The number of hydrogen-bond donors (Lipinski definition) is 1. The van der Waals surface area contributed by atoms with E-state index in [2.05, 4.69) is 18.8 Å². The van der Waals surface area contributed by atoms with Crippen molar-refractivity contribution in [3.05, 3.63) is 59.4 Å². The maximum atomic E-state index is 13.1. The van der Waals surface area contributed by atoms with E-state index in [0.29, 0.717) is 21.9 Å². The lowest BCUT2D eigenvalue weighted by Crippen LogP contribution is -2.34. The summed E-state index contributed by atoms with van der Waals surface area (Å²) < 4.78 is 1.59. The van der Waals surface area contributed by atoms with Gasteiger partial charge in [-0.25, -0.2) is 4.98 Å². The minimum atomic E-state index is -0.101. The molecule has 3 aromatic rings. The monoisotopic (exact) mass is 427 g/mol. The number of carbonyl (C=O) groups excluding carboxylic acids is 1. The van der Waals surface area contributed by atoms with Gasteiger partial charge >= 0.3 is 0 Å². The number of allylic oxidation sites excluding steroid dienone is 1. The van der Waals surface area contributed by atoms with E-state index in [1.807, 2.05) is 43.3 Å². The van der Waals surface area contributed by atoms with Gasteiger partial charge in [-0.1, -0.05) is 61.5 Å². The minimum absolute atomic E-state index is 0.0494.